The van der Waals surface area contributed by atoms with Crippen LogP contribution in [0.3, 0.4) is 0 Å². The summed E-state index contributed by atoms with van der Waals surface area (Å²) < 4.78 is 5.92. The van der Waals surface area contributed by atoms with Crippen LogP contribution in [0, 0.1) is 0 Å². The molecule has 0 unspecified atom stereocenters. The summed E-state index contributed by atoms with van der Waals surface area (Å²) in [5.41, 5.74) is 4.54. The van der Waals surface area contributed by atoms with Crippen molar-refractivity contribution in [3.05, 3.63) is 137 Å². The van der Waals surface area contributed by atoms with Crippen molar-refractivity contribution in [1.82, 2.24) is 0 Å². The van der Waals surface area contributed by atoms with Crippen molar-refractivity contribution >= 4 is 29.4 Å². The fraction of sp³-hybridized carbons (Fsp3) is 0.0333. The normalized spacial score (nSPS) is 14.1. The second kappa shape index (κ2) is 10.1. The maximum atomic E-state index is 13.4. The van der Waals surface area contributed by atoms with Crippen molar-refractivity contribution in [1.29, 1.82) is 0 Å². The molecule has 6 nitrogen and oxygen atoms in total. The van der Waals surface area contributed by atoms with Crippen LogP contribution in [0.4, 0.5) is 5.69 Å². The van der Waals surface area contributed by atoms with Crippen molar-refractivity contribution in [2.75, 3.05) is 5.01 Å². The molecule has 0 saturated heterocycles. The monoisotopic (exact) mass is 474 g/mol. The average molecular weight is 475 g/mol. The van der Waals surface area contributed by atoms with Crippen molar-refractivity contribution < 1.29 is 19.4 Å². The number of ether oxygens (including phenoxy) is 1. The third kappa shape index (κ3) is 4.93. The molecule has 0 radical (unpaired) electrons. The standard InChI is InChI=1S/C30H22N2O4/c33-29-27(28(23-9-3-1-4-10-23)31-32(29)25-11-5-2-6-12-25)19-22-8-7-13-26(18-22)36-20-21-14-16-24(17-15-21)30(34)35/h1-19H,20H2,(H,34,35)/b27-19+. The second-order valence-corrected chi connectivity index (χ2v) is 8.19. The maximum absolute atomic E-state index is 13.4. The Hall–Kier alpha value is -4.97. The SMILES string of the molecule is O=C(O)c1ccc(COc2cccc(/C=C3/C(=O)N(c4ccccc4)N=C3c3ccccc3)c2)cc1. The minimum Gasteiger partial charge on any atom is -0.489 e. The van der Waals surface area contributed by atoms with Crippen LogP contribution in [-0.4, -0.2) is 22.7 Å². The summed E-state index contributed by atoms with van der Waals surface area (Å²) in [6, 6.07) is 33.0. The first kappa shape index (κ1) is 22.8. The number of carbonyl (C=O) groups excluding carboxylic acids is 1. The first-order valence-corrected chi connectivity index (χ1v) is 11.4. The van der Waals surface area contributed by atoms with Gasteiger partial charge in [0, 0.05) is 5.56 Å². The first-order chi connectivity index (χ1) is 17.6. The van der Waals surface area contributed by atoms with E-state index in [0.717, 1.165) is 16.7 Å². The van der Waals surface area contributed by atoms with Crippen LogP contribution in [0.1, 0.15) is 27.0 Å². The van der Waals surface area contributed by atoms with E-state index in [2.05, 4.69) is 5.10 Å². The van der Waals surface area contributed by atoms with Gasteiger partial charge in [0.25, 0.3) is 5.91 Å². The van der Waals surface area contributed by atoms with Gasteiger partial charge in [0.05, 0.1) is 16.8 Å². The molecule has 0 bridgehead atoms. The Bertz CT molecular complexity index is 1460. The molecule has 176 valence electrons. The van der Waals surface area contributed by atoms with Gasteiger partial charge >= 0.3 is 5.97 Å². The highest BCUT2D eigenvalue weighted by Gasteiger charge is 2.31. The number of amides is 1. The molecule has 1 amide bonds. The Morgan fingerprint density at radius 3 is 2.25 bits per heavy atom. The van der Waals surface area contributed by atoms with Crippen LogP contribution in [0.25, 0.3) is 6.08 Å². The largest absolute Gasteiger partial charge is 0.489 e. The molecule has 1 heterocycles. The molecular weight excluding hydrogens is 452 g/mol. The lowest BCUT2D eigenvalue weighted by atomic mass is 10.00. The third-order valence-corrected chi connectivity index (χ3v) is 5.70. The average Bonchev–Trinajstić information content (AvgIpc) is 3.24. The number of carbonyl (C=O) groups is 2. The summed E-state index contributed by atoms with van der Waals surface area (Å²) in [6.45, 7) is 0.289. The number of rotatable bonds is 7. The van der Waals surface area contributed by atoms with Crippen LogP contribution in [0.5, 0.6) is 5.75 Å². The fourth-order valence-electron chi connectivity index (χ4n) is 3.87. The van der Waals surface area contributed by atoms with Gasteiger partial charge in [-0.25, -0.2) is 4.79 Å². The van der Waals surface area contributed by atoms with Crippen molar-refractivity contribution in [2.24, 2.45) is 5.10 Å². The lowest BCUT2D eigenvalue weighted by Gasteiger charge is -2.11. The maximum Gasteiger partial charge on any atom is 0.335 e. The number of carboxylic acids is 1. The predicted octanol–water partition coefficient (Wildman–Crippen LogP) is 5.80. The Balaban J connectivity index is 1.41. The van der Waals surface area contributed by atoms with Crippen molar-refractivity contribution in [3.63, 3.8) is 0 Å². The summed E-state index contributed by atoms with van der Waals surface area (Å²) in [4.78, 5) is 24.5. The van der Waals surface area contributed by atoms with Crippen molar-refractivity contribution in [2.45, 2.75) is 6.61 Å². The molecule has 1 aliphatic rings. The van der Waals surface area contributed by atoms with Gasteiger partial charge < -0.3 is 9.84 Å². The molecule has 0 saturated carbocycles. The molecule has 0 spiro atoms. The summed E-state index contributed by atoms with van der Waals surface area (Å²) in [5.74, 6) is -0.533. The number of hydrogen-bond acceptors (Lipinski definition) is 4. The molecule has 36 heavy (non-hydrogen) atoms. The van der Waals surface area contributed by atoms with Crippen LogP contribution in [0.2, 0.25) is 0 Å². The zero-order valence-corrected chi connectivity index (χ0v) is 19.2. The lowest BCUT2D eigenvalue weighted by Crippen LogP contribution is -2.21. The summed E-state index contributed by atoms with van der Waals surface area (Å²) >= 11 is 0. The van der Waals surface area contributed by atoms with Gasteiger partial charge in [-0.3, -0.25) is 4.79 Å². The number of carboxylic acid groups (broad SMARTS) is 1. The molecule has 6 heteroatoms. The van der Waals surface area contributed by atoms with Crippen LogP contribution in [-0.2, 0) is 11.4 Å². The number of aromatic carboxylic acids is 1. The Labute approximate surface area is 208 Å². The van der Waals surface area contributed by atoms with Crippen LogP contribution in [0.15, 0.2) is 120 Å². The zero-order valence-electron chi connectivity index (χ0n) is 19.2. The van der Waals surface area contributed by atoms with E-state index in [0.29, 0.717) is 22.7 Å². The zero-order chi connectivity index (χ0) is 24.9. The van der Waals surface area contributed by atoms with Gasteiger partial charge in [-0.05, 0) is 53.6 Å². The van der Waals surface area contributed by atoms with Gasteiger partial charge in [0.15, 0.2) is 0 Å². The topological polar surface area (TPSA) is 79.2 Å². The smallest absolute Gasteiger partial charge is 0.335 e. The van der Waals surface area contributed by atoms with Crippen LogP contribution < -0.4 is 9.75 Å². The van der Waals surface area contributed by atoms with E-state index in [1.807, 2.05) is 91.0 Å². The Morgan fingerprint density at radius 1 is 0.861 bits per heavy atom. The fourth-order valence-corrected chi connectivity index (χ4v) is 3.87. The van der Waals surface area contributed by atoms with E-state index in [4.69, 9.17) is 9.84 Å². The Morgan fingerprint density at radius 2 is 1.56 bits per heavy atom. The minimum absolute atomic E-state index is 0.204. The highest BCUT2D eigenvalue weighted by molar-refractivity contribution is 6.37. The number of benzene rings is 4. The molecule has 4 aromatic carbocycles. The summed E-state index contributed by atoms with van der Waals surface area (Å²) in [7, 11) is 0. The molecule has 0 aromatic heterocycles. The van der Waals surface area contributed by atoms with E-state index in [1.54, 1.807) is 24.3 Å². The summed E-state index contributed by atoms with van der Waals surface area (Å²) in [6.07, 6.45) is 1.83. The van der Waals surface area contributed by atoms with E-state index >= 15 is 0 Å². The minimum atomic E-state index is -0.964. The number of hydrazone groups is 1. The van der Waals surface area contributed by atoms with Gasteiger partial charge in [0.2, 0.25) is 0 Å². The molecule has 1 N–H and O–H groups in total. The lowest BCUT2D eigenvalue weighted by molar-refractivity contribution is -0.114. The number of anilines is 1. The highest BCUT2D eigenvalue weighted by atomic mass is 16.5. The number of nitrogens with zero attached hydrogens (tertiary/aromatic N) is 2. The molecule has 5 rings (SSSR count). The predicted molar refractivity (Wildman–Crippen MR) is 139 cm³/mol. The molecule has 0 fully saturated rings. The molecule has 0 atom stereocenters. The van der Waals surface area contributed by atoms with Gasteiger partial charge in [-0.15, -0.1) is 0 Å². The van der Waals surface area contributed by atoms with Crippen LogP contribution >= 0.6 is 0 Å². The van der Waals surface area contributed by atoms with Crippen molar-refractivity contribution in [3.8, 4) is 5.75 Å². The number of para-hydroxylation sites is 1. The van der Waals surface area contributed by atoms with E-state index < -0.39 is 5.97 Å². The van der Waals surface area contributed by atoms with E-state index in [-0.39, 0.29) is 18.1 Å². The highest BCUT2D eigenvalue weighted by Crippen LogP contribution is 2.28. The Kier molecular flexibility index (Phi) is 6.40. The quantitative estimate of drug-likeness (QED) is 0.344. The molecule has 1 aliphatic heterocycles. The molecule has 4 aromatic rings. The molecule has 0 aliphatic carbocycles. The van der Waals surface area contributed by atoms with Gasteiger partial charge in [0.1, 0.15) is 18.1 Å². The first-order valence-electron chi connectivity index (χ1n) is 11.4. The summed E-state index contributed by atoms with van der Waals surface area (Å²) in [5, 5.41) is 15.1. The van der Waals surface area contributed by atoms with E-state index in [9.17, 15) is 9.59 Å². The van der Waals surface area contributed by atoms with Gasteiger partial charge in [-0.1, -0.05) is 72.8 Å². The molecular formula is C30H22N2O4. The van der Waals surface area contributed by atoms with Gasteiger partial charge in [-0.2, -0.15) is 10.1 Å². The number of hydrogen-bond donors (Lipinski definition) is 1. The second-order valence-electron chi connectivity index (χ2n) is 8.19. The van der Waals surface area contributed by atoms with E-state index in [1.165, 1.54) is 5.01 Å². The third-order valence-electron chi connectivity index (χ3n) is 5.70.